The fourth-order valence-electron chi connectivity index (χ4n) is 0.832. The van der Waals surface area contributed by atoms with E-state index in [1.807, 2.05) is 0 Å². The van der Waals surface area contributed by atoms with E-state index in [4.69, 9.17) is 0 Å². The van der Waals surface area contributed by atoms with Gasteiger partial charge in [-0.05, 0) is 12.1 Å². The number of ether oxygens (including phenoxy) is 1. The van der Waals surface area contributed by atoms with Crippen molar-refractivity contribution in [3.63, 3.8) is 0 Å². The van der Waals surface area contributed by atoms with Crippen LogP contribution < -0.4 is 4.74 Å². The van der Waals surface area contributed by atoms with Crippen LogP contribution in [0.4, 0.5) is 20.2 Å². The molecule has 0 aliphatic rings. The van der Waals surface area contributed by atoms with Gasteiger partial charge in [-0.1, -0.05) is 29.8 Å². The molecule has 0 aromatic heterocycles. The molecule has 0 saturated carbocycles. The van der Waals surface area contributed by atoms with E-state index in [0.717, 1.165) is 12.1 Å². The summed E-state index contributed by atoms with van der Waals surface area (Å²) in [5.74, 6) is -0.440. The quantitative estimate of drug-likeness (QED) is 0.464. The van der Waals surface area contributed by atoms with Gasteiger partial charge in [0.1, 0.15) is 5.75 Å². The molecule has 0 heterocycles. The fraction of sp³-hybridized carbons (Fsp3) is 0.250. The van der Waals surface area contributed by atoms with Crippen molar-refractivity contribution in [1.29, 1.82) is 0 Å². The lowest BCUT2D eigenvalue weighted by Crippen LogP contribution is -2.51. The molecular formula is C8H5AlClF5O. The Morgan fingerprint density at radius 1 is 1.06 bits per heavy atom. The summed E-state index contributed by atoms with van der Waals surface area (Å²) >= 11 is -0.939. The maximum atomic E-state index is 13.0. The van der Waals surface area contributed by atoms with Crippen molar-refractivity contribution in [3.8, 4) is 5.75 Å². The van der Waals surface area contributed by atoms with Crippen molar-refractivity contribution in [2.45, 2.75) is 10.1 Å². The van der Waals surface area contributed by atoms with Gasteiger partial charge in [0.05, 0.1) is 0 Å². The van der Waals surface area contributed by atoms with E-state index in [1.54, 1.807) is 0 Å². The van der Waals surface area contributed by atoms with Crippen LogP contribution >= 0.6 is 11.6 Å². The van der Waals surface area contributed by atoms with Gasteiger partial charge in [0.25, 0.3) is 0 Å². The second-order valence-corrected chi connectivity index (χ2v) is 5.17. The van der Waals surface area contributed by atoms with E-state index >= 15 is 0 Å². The summed E-state index contributed by atoms with van der Waals surface area (Å²) in [6, 6.07) is 6.32. The zero-order chi connectivity index (χ0) is 12.4. The van der Waals surface area contributed by atoms with Crippen LogP contribution in [0.5, 0.6) is 5.75 Å². The number of para-hydroxylation sites is 1. The fourth-order valence-corrected chi connectivity index (χ4v) is 1.18. The predicted molar refractivity (Wildman–Crippen MR) is 49.7 cm³/mol. The Morgan fingerprint density at radius 2 is 1.56 bits per heavy atom. The second-order valence-electron chi connectivity index (χ2n) is 2.86. The van der Waals surface area contributed by atoms with Crippen molar-refractivity contribution in [1.82, 2.24) is 0 Å². The van der Waals surface area contributed by atoms with Gasteiger partial charge in [-0.25, -0.2) is 4.39 Å². The lowest BCUT2D eigenvalue weighted by Gasteiger charge is -2.25. The molecule has 16 heavy (non-hydrogen) atoms. The van der Waals surface area contributed by atoms with Crippen LogP contribution in [-0.4, -0.2) is 25.2 Å². The first-order valence-corrected chi connectivity index (χ1v) is 5.88. The van der Waals surface area contributed by atoms with E-state index in [9.17, 15) is 20.2 Å². The lowest BCUT2D eigenvalue weighted by molar-refractivity contribution is -0.216. The summed E-state index contributed by atoms with van der Waals surface area (Å²) in [5.41, 5.74) is 0. The zero-order valence-corrected chi connectivity index (χ0v) is 9.55. The minimum atomic E-state index is -5.42. The summed E-state index contributed by atoms with van der Waals surface area (Å²) in [6.07, 6.45) is -4.77. The summed E-state index contributed by atoms with van der Waals surface area (Å²) in [6.45, 7) is 0. The smallest absolute Gasteiger partial charge is 0.430 e. The van der Waals surface area contributed by atoms with Gasteiger partial charge in [-0.3, -0.25) is 0 Å². The number of benzene rings is 1. The van der Waals surface area contributed by atoms with Gasteiger partial charge in [0.15, 0.2) is 0 Å². The molecule has 1 atom stereocenters. The molecule has 0 fully saturated rings. The average Bonchev–Trinajstić information content (AvgIpc) is 2.18. The third-order valence-corrected chi connectivity index (χ3v) is 3.25. The third kappa shape index (κ3) is 2.79. The Morgan fingerprint density at radius 3 is 2.00 bits per heavy atom. The molecule has 0 N–H and O–H groups in total. The first-order valence-electron chi connectivity index (χ1n) is 4.05. The van der Waals surface area contributed by atoms with Crippen LogP contribution in [0, 0.1) is 0 Å². The van der Waals surface area contributed by atoms with Crippen molar-refractivity contribution in [3.05, 3.63) is 30.3 Å². The lowest BCUT2D eigenvalue weighted by atomic mass is 10.3. The van der Waals surface area contributed by atoms with Gasteiger partial charge in [-0.15, -0.1) is 0 Å². The molecule has 0 aliphatic carbocycles. The van der Waals surface area contributed by atoms with Crippen molar-refractivity contribution in [2.24, 2.45) is 0 Å². The Balaban J connectivity index is 2.87. The molecule has 0 aliphatic heterocycles. The maximum Gasteiger partial charge on any atom is 0.831 e. The van der Waals surface area contributed by atoms with E-state index < -0.39 is 30.9 Å². The zero-order valence-electron chi connectivity index (χ0n) is 7.64. The van der Waals surface area contributed by atoms with Gasteiger partial charge in [0, 0.05) is 0 Å². The van der Waals surface area contributed by atoms with Gasteiger partial charge < -0.3 is 11.8 Å². The Labute approximate surface area is 98.1 Å². The van der Waals surface area contributed by atoms with Crippen LogP contribution in [0.2, 0.25) is 0 Å². The first-order chi connectivity index (χ1) is 7.27. The SMILES string of the molecule is [F][Al]([F])[C](F)(Cl)C(F)(F)Oc1ccccc1. The van der Waals surface area contributed by atoms with Gasteiger partial charge in [-0.2, -0.15) is 8.78 Å². The third-order valence-electron chi connectivity index (χ3n) is 1.65. The first kappa shape index (κ1) is 13.6. The van der Waals surface area contributed by atoms with Crippen LogP contribution in [0.1, 0.15) is 0 Å². The van der Waals surface area contributed by atoms with Crippen LogP contribution in [0.15, 0.2) is 30.3 Å². The molecule has 1 aromatic rings. The Hall–Kier alpha value is -0.508. The molecule has 1 unspecified atom stereocenters. The molecule has 1 nitrogen and oxygen atoms in total. The molecule has 8 heteroatoms. The highest BCUT2D eigenvalue weighted by Gasteiger charge is 2.70. The van der Waals surface area contributed by atoms with E-state index in [1.165, 1.54) is 18.2 Å². The minimum absolute atomic E-state index is 0.440. The number of alkyl halides is 4. The highest BCUT2D eigenvalue weighted by molar-refractivity contribution is 6.61. The molecular weight excluding hydrogens is 270 g/mol. The minimum Gasteiger partial charge on any atom is -0.430 e. The maximum absolute atomic E-state index is 13.0. The number of rotatable bonds is 4. The summed E-state index contributed by atoms with van der Waals surface area (Å²) in [4.78, 5) is 0. The Kier molecular flexibility index (Phi) is 4.05. The molecule has 1 aromatic carbocycles. The van der Waals surface area contributed by atoms with E-state index in [2.05, 4.69) is 16.3 Å². The van der Waals surface area contributed by atoms with Crippen LogP contribution in [-0.2, 0) is 0 Å². The van der Waals surface area contributed by atoms with Crippen molar-refractivity contribution in [2.75, 3.05) is 0 Å². The predicted octanol–water partition coefficient (Wildman–Crippen LogP) is 3.53. The van der Waals surface area contributed by atoms with E-state index in [0.29, 0.717) is 0 Å². The number of halogens is 6. The monoisotopic (exact) mass is 274 g/mol. The molecule has 1 rings (SSSR count). The summed E-state index contributed by atoms with van der Waals surface area (Å²) in [7, 11) is 0. The van der Waals surface area contributed by atoms with Crippen molar-refractivity contribution >= 4 is 26.7 Å². The molecule has 0 amide bonds. The molecule has 0 radical (unpaired) electrons. The molecule has 0 bridgehead atoms. The number of hydrogen-bond acceptors (Lipinski definition) is 1. The van der Waals surface area contributed by atoms with Crippen LogP contribution in [0.3, 0.4) is 0 Å². The largest absolute Gasteiger partial charge is 0.831 e. The molecule has 88 valence electrons. The van der Waals surface area contributed by atoms with Crippen LogP contribution in [0.25, 0.3) is 0 Å². The summed E-state index contributed by atoms with van der Waals surface area (Å²) in [5, 5.41) is 0. The molecule has 0 saturated heterocycles. The Bertz CT molecular complexity index is 346. The molecule has 0 spiro atoms. The second kappa shape index (κ2) is 4.78. The topological polar surface area (TPSA) is 9.23 Å². The standard InChI is InChI=1S/C8H5ClF3O.Al.2FH/c9-7(10)8(11,12)13-6-4-2-1-3-5-6;;;/h1-5H;;2*1H/q;+2;;/p-2. The normalized spacial score (nSPS) is 15.4. The van der Waals surface area contributed by atoms with Gasteiger partial charge in [0.2, 0.25) is 0 Å². The van der Waals surface area contributed by atoms with Gasteiger partial charge >= 0.3 is 25.2 Å². The summed E-state index contributed by atoms with van der Waals surface area (Å²) < 4.78 is 62.4. The highest BCUT2D eigenvalue weighted by atomic mass is 35.5. The average molecular weight is 275 g/mol. The van der Waals surface area contributed by atoms with Crippen molar-refractivity contribution < 1.29 is 25.0 Å². The number of hydrogen-bond donors (Lipinski definition) is 0. The van der Waals surface area contributed by atoms with E-state index in [-0.39, 0.29) is 0 Å². The highest BCUT2D eigenvalue weighted by Crippen LogP contribution is 2.40.